The maximum atomic E-state index is 15.5. The summed E-state index contributed by atoms with van der Waals surface area (Å²) in [5.74, 6) is -15.7. The van der Waals surface area contributed by atoms with E-state index < -0.39 is 28.9 Å². The van der Waals surface area contributed by atoms with Crippen molar-refractivity contribution in [2.45, 2.75) is 38.5 Å². The summed E-state index contributed by atoms with van der Waals surface area (Å²) >= 11 is 2.21. The van der Waals surface area contributed by atoms with E-state index in [1.807, 2.05) is 86.2 Å². The Bertz CT molecular complexity index is 2080. The second kappa shape index (κ2) is 12.3. The molecule has 0 fully saturated rings. The second-order valence-electron chi connectivity index (χ2n) is 12.7. The number of benzene rings is 2. The highest BCUT2D eigenvalue weighted by atomic mass is 32.1. The molecule has 0 saturated heterocycles. The van der Waals surface area contributed by atoms with Gasteiger partial charge in [0.2, 0.25) is 0 Å². The van der Waals surface area contributed by atoms with E-state index in [1.165, 1.54) is 26.0 Å². The lowest BCUT2D eigenvalue weighted by molar-refractivity contribution is -0.462. The number of anilines is 1. The van der Waals surface area contributed by atoms with Gasteiger partial charge in [0.25, 0.3) is 0 Å². The van der Waals surface area contributed by atoms with E-state index >= 15 is 17.6 Å². The molecule has 2 aromatic carbocycles. The summed E-state index contributed by atoms with van der Waals surface area (Å²) in [5.41, 5.74) is 3.46. The molecule has 2 aliphatic carbocycles. The SMILES string of the molecule is Cc1cc(C2=C(c3cc(-c4ccc(C(=C5C=CC(=[N+](C)C)C=C5)c5ccc(N(C)C)cc5)cc4)sc3C)C(F)(F)C(F)(F)C2(F)F)c(C)s1. The number of alkyl halides is 6. The van der Waals surface area contributed by atoms with Gasteiger partial charge in [-0.1, -0.05) is 36.4 Å². The number of nitrogens with zero attached hydrogens (tertiary/aromatic N) is 2. The Balaban J connectivity index is 1.45. The highest BCUT2D eigenvalue weighted by Gasteiger charge is 2.80. The van der Waals surface area contributed by atoms with Gasteiger partial charge in [0.1, 0.15) is 14.1 Å². The minimum absolute atomic E-state index is 0.249. The lowest BCUT2D eigenvalue weighted by Crippen LogP contribution is -2.48. The highest BCUT2D eigenvalue weighted by Crippen LogP contribution is 2.66. The van der Waals surface area contributed by atoms with Gasteiger partial charge in [0.05, 0.1) is 0 Å². The third-order valence-electron chi connectivity index (χ3n) is 8.97. The molecule has 0 bridgehead atoms. The van der Waals surface area contributed by atoms with E-state index in [4.69, 9.17) is 0 Å². The zero-order valence-corrected chi connectivity index (χ0v) is 29.7. The number of hydrogen-bond donors (Lipinski definition) is 0. The van der Waals surface area contributed by atoms with Crippen molar-refractivity contribution in [1.82, 2.24) is 0 Å². The second-order valence-corrected chi connectivity index (χ2v) is 15.4. The number of allylic oxidation sites excluding steroid dienone is 7. The highest BCUT2D eigenvalue weighted by molar-refractivity contribution is 7.15. The van der Waals surface area contributed by atoms with Gasteiger partial charge in [0.15, 0.2) is 5.71 Å². The maximum Gasteiger partial charge on any atom is 0.380 e. The summed E-state index contributed by atoms with van der Waals surface area (Å²) in [7, 11) is 7.90. The minimum atomic E-state index is -5.59. The molecule has 0 unspecified atom stereocenters. The van der Waals surface area contributed by atoms with Crippen LogP contribution in [0.2, 0.25) is 0 Å². The number of thiophene rings is 2. The average molecular weight is 710 g/mol. The topological polar surface area (TPSA) is 6.25 Å². The van der Waals surface area contributed by atoms with Gasteiger partial charge in [-0.2, -0.15) is 26.3 Å². The lowest BCUT2D eigenvalue weighted by atomic mass is 9.90. The summed E-state index contributed by atoms with van der Waals surface area (Å²) in [5, 5.41) is 0. The normalized spacial score (nSPS) is 17.7. The van der Waals surface area contributed by atoms with Crippen LogP contribution in [-0.4, -0.2) is 56.2 Å². The summed E-state index contributed by atoms with van der Waals surface area (Å²) in [4.78, 5) is 3.62. The minimum Gasteiger partial charge on any atom is -0.378 e. The fraction of sp³-hybridized carbons (Fsp3) is 0.256. The van der Waals surface area contributed by atoms with Gasteiger partial charge >= 0.3 is 17.8 Å². The van der Waals surface area contributed by atoms with E-state index in [0.717, 1.165) is 56.3 Å². The Labute approximate surface area is 290 Å². The zero-order chi connectivity index (χ0) is 35.6. The van der Waals surface area contributed by atoms with E-state index in [0.29, 0.717) is 15.3 Å². The fourth-order valence-corrected chi connectivity index (χ4v) is 8.30. The standard InChI is InChI=1S/C39H35F6N2S2/c1-22-20-31(23(2)48-22)35-36(38(42,43)39(44,45)37(35,40)41)32-21-33(49-24(32)3)25-8-10-26(11-9-25)34(27-12-16-29(17-13-27)46(4)5)28-14-18-30(19-15-28)47(6)7/h8-21H,1-7H3/q+1. The molecule has 0 amide bonds. The lowest BCUT2D eigenvalue weighted by Gasteiger charge is -2.25. The first kappa shape index (κ1) is 34.7. The van der Waals surface area contributed by atoms with Crippen LogP contribution in [0.3, 0.4) is 0 Å². The molecule has 0 radical (unpaired) electrons. The Morgan fingerprint density at radius 2 is 1.14 bits per heavy atom. The summed E-state index contributed by atoms with van der Waals surface area (Å²) in [6.45, 7) is 4.61. The van der Waals surface area contributed by atoms with Crippen LogP contribution in [0, 0.1) is 20.8 Å². The van der Waals surface area contributed by atoms with E-state index in [1.54, 1.807) is 6.92 Å². The van der Waals surface area contributed by atoms with Crippen LogP contribution >= 0.6 is 22.7 Å². The monoisotopic (exact) mass is 709 g/mol. The molecule has 2 nitrogen and oxygen atoms in total. The van der Waals surface area contributed by atoms with Crippen molar-refractivity contribution >= 4 is 50.8 Å². The fourth-order valence-electron chi connectivity index (χ4n) is 6.34. The molecule has 2 heterocycles. The van der Waals surface area contributed by atoms with Gasteiger partial charge < -0.3 is 4.90 Å². The van der Waals surface area contributed by atoms with Crippen molar-refractivity contribution in [3.63, 3.8) is 0 Å². The first-order valence-electron chi connectivity index (χ1n) is 15.6. The Morgan fingerprint density at radius 3 is 1.61 bits per heavy atom. The maximum absolute atomic E-state index is 15.5. The van der Waals surface area contributed by atoms with E-state index in [9.17, 15) is 8.78 Å². The molecular formula is C39H35F6N2S2+. The van der Waals surface area contributed by atoms with E-state index in [-0.39, 0.29) is 20.9 Å². The molecule has 254 valence electrons. The first-order chi connectivity index (χ1) is 23.0. The van der Waals surface area contributed by atoms with Gasteiger partial charge in [-0.3, -0.25) is 0 Å². The first-order valence-corrected chi connectivity index (χ1v) is 17.2. The Morgan fingerprint density at radius 1 is 0.653 bits per heavy atom. The van der Waals surface area contributed by atoms with E-state index in [2.05, 4.69) is 24.3 Å². The molecule has 4 aromatic rings. The van der Waals surface area contributed by atoms with Crippen LogP contribution < -0.4 is 4.90 Å². The number of halogens is 6. The summed E-state index contributed by atoms with van der Waals surface area (Å²) in [6.07, 6.45) is 8.20. The van der Waals surface area contributed by atoms with Crippen LogP contribution in [0.1, 0.15) is 36.9 Å². The van der Waals surface area contributed by atoms with Crippen molar-refractivity contribution in [2.24, 2.45) is 0 Å². The molecule has 2 aromatic heterocycles. The van der Waals surface area contributed by atoms with Gasteiger partial charge in [-0.15, -0.1) is 22.7 Å². The smallest absolute Gasteiger partial charge is 0.378 e. The molecule has 0 aliphatic heterocycles. The third kappa shape index (κ3) is 5.72. The number of aryl methyl sites for hydroxylation is 3. The molecule has 0 atom stereocenters. The van der Waals surface area contributed by atoms with Crippen LogP contribution in [0.4, 0.5) is 32.0 Å². The van der Waals surface area contributed by atoms with Crippen molar-refractivity contribution in [3.05, 3.63) is 127 Å². The summed E-state index contributed by atoms with van der Waals surface area (Å²) in [6, 6.07) is 18.4. The molecule has 6 rings (SSSR count). The quantitative estimate of drug-likeness (QED) is 0.143. The predicted octanol–water partition coefficient (Wildman–Crippen LogP) is 10.9. The average Bonchev–Trinajstić information content (AvgIpc) is 3.62. The largest absolute Gasteiger partial charge is 0.380 e. The van der Waals surface area contributed by atoms with Crippen LogP contribution in [0.15, 0.2) is 90.5 Å². The number of hydrogen-bond acceptors (Lipinski definition) is 3. The Hall–Kier alpha value is -4.15. The molecule has 49 heavy (non-hydrogen) atoms. The molecular weight excluding hydrogens is 675 g/mol. The molecule has 0 saturated carbocycles. The zero-order valence-electron chi connectivity index (χ0n) is 28.1. The van der Waals surface area contributed by atoms with Crippen molar-refractivity contribution in [3.8, 4) is 10.4 Å². The van der Waals surface area contributed by atoms with Crippen molar-refractivity contribution in [2.75, 3.05) is 33.1 Å². The van der Waals surface area contributed by atoms with Crippen molar-refractivity contribution in [1.29, 1.82) is 0 Å². The van der Waals surface area contributed by atoms with Gasteiger partial charge in [-0.25, -0.2) is 4.58 Å². The third-order valence-corrected chi connectivity index (χ3v) is 11.0. The van der Waals surface area contributed by atoms with Crippen molar-refractivity contribution < 1.29 is 30.9 Å². The van der Waals surface area contributed by atoms with Crippen LogP contribution in [-0.2, 0) is 0 Å². The number of rotatable bonds is 6. The molecule has 0 N–H and O–H groups in total. The van der Waals surface area contributed by atoms with Gasteiger partial charge in [-0.05, 0) is 96.2 Å². The van der Waals surface area contributed by atoms with Crippen LogP contribution in [0.5, 0.6) is 0 Å². The molecule has 0 spiro atoms. The molecule has 10 heteroatoms. The predicted molar refractivity (Wildman–Crippen MR) is 192 cm³/mol. The Kier molecular flexibility index (Phi) is 8.72. The molecule has 2 aliphatic rings. The van der Waals surface area contributed by atoms with Gasteiger partial charge in [0, 0.05) is 62.6 Å². The van der Waals surface area contributed by atoms with Crippen LogP contribution in [0.25, 0.3) is 27.2 Å². The summed E-state index contributed by atoms with van der Waals surface area (Å²) < 4.78 is 93.8.